The van der Waals surface area contributed by atoms with E-state index in [4.69, 9.17) is 0 Å². The first kappa shape index (κ1) is 21.3. The van der Waals surface area contributed by atoms with E-state index in [0.29, 0.717) is 13.1 Å². The summed E-state index contributed by atoms with van der Waals surface area (Å²) in [4.78, 5) is 4.54. The summed E-state index contributed by atoms with van der Waals surface area (Å²) in [5, 5.41) is -0.921. The minimum absolute atomic E-state index is 0.0901. The quantitative estimate of drug-likeness (QED) is 0.713. The zero-order valence-corrected chi connectivity index (χ0v) is 19.0. The molecule has 2 aromatic rings. The topological polar surface area (TPSA) is 74.8 Å². The van der Waals surface area contributed by atoms with Crippen LogP contribution >= 0.6 is 0 Å². The Hall–Kier alpha value is -1.90. The van der Waals surface area contributed by atoms with Crippen molar-refractivity contribution >= 4 is 25.4 Å². The van der Waals surface area contributed by atoms with Crippen LogP contribution in [0.5, 0.6) is 0 Å². The second-order valence-electron chi connectivity index (χ2n) is 8.40. The summed E-state index contributed by atoms with van der Waals surface area (Å²) in [5.41, 5.74) is 3.32. The molecule has 0 aromatic heterocycles. The molecule has 2 atom stereocenters. The number of hydrogen-bond donors (Lipinski definition) is 0. The summed E-state index contributed by atoms with van der Waals surface area (Å²) in [6, 6.07) is 14.5. The molecule has 2 aromatic carbocycles. The van der Waals surface area contributed by atoms with Crippen molar-refractivity contribution in [1.29, 1.82) is 0 Å². The molecule has 0 spiro atoms. The molecule has 0 aliphatic carbocycles. The van der Waals surface area contributed by atoms with Gasteiger partial charge >= 0.3 is 0 Å². The van der Waals surface area contributed by atoms with E-state index < -0.39 is 31.0 Å². The van der Waals surface area contributed by atoms with Crippen LogP contribution in [0.2, 0.25) is 0 Å². The van der Waals surface area contributed by atoms with Crippen molar-refractivity contribution in [2.75, 3.05) is 42.6 Å². The third-order valence-corrected chi connectivity index (χ3v) is 10.3. The van der Waals surface area contributed by atoms with Gasteiger partial charge in [-0.2, -0.15) is 0 Å². The average Bonchev–Trinajstić information content (AvgIpc) is 3.05. The lowest BCUT2D eigenvalue weighted by atomic mass is 10.1. The van der Waals surface area contributed by atoms with Gasteiger partial charge in [-0.15, -0.1) is 0 Å². The van der Waals surface area contributed by atoms with Crippen LogP contribution in [0.4, 0.5) is 5.69 Å². The molecule has 8 heteroatoms. The predicted molar refractivity (Wildman–Crippen MR) is 120 cm³/mol. The minimum atomic E-state index is -3.73. The lowest BCUT2D eigenvalue weighted by molar-refractivity contribution is 0.201. The van der Waals surface area contributed by atoms with E-state index >= 15 is 0 Å². The second-order valence-corrected chi connectivity index (χ2v) is 12.7. The third-order valence-electron chi connectivity index (χ3n) is 6.17. The fourth-order valence-corrected chi connectivity index (χ4v) is 9.30. The highest BCUT2D eigenvalue weighted by Crippen LogP contribution is 2.30. The van der Waals surface area contributed by atoms with Crippen LogP contribution < -0.4 is 4.90 Å². The molecule has 6 nitrogen and oxygen atoms in total. The second kappa shape index (κ2) is 7.98. The molecule has 2 aliphatic heterocycles. The first-order valence-corrected chi connectivity index (χ1v) is 13.6. The molecule has 2 unspecified atom stereocenters. The molecule has 0 bridgehead atoms. The lowest BCUT2D eigenvalue weighted by Gasteiger charge is -2.40. The van der Waals surface area contributed by atoms with Crippen LogP contribution in [-0.4, -0.2) is 70.7 Å². The van der Waals surface area contributed by atoms with Crippen LogP contribution in [0.25, 0.3) is 0 Å². The van der Waals surface area contributed by atoms with Gasteiger partial charge in [0.25, 0.3) is 0 Å². The van der Waals surface area contributed by atoms with E-state index in [2.05, 4.69) is 34.9 Å². The normalized spacial score (nSPS) is 24.8. The number of anilines is 1. The van der Waals surface area contributed by atoms with Crippen molar-refractivity contribution < 1.29 is 16.8 Å². The van der Waals surface area contributed by atoms with E-state index in [0.717, 1.165) is 24.3 Å². The monoisotopic (exact) mass is 448 g/mol. The first-order chi connectivity index (χ1) is 14.2. The maximum absolute atomic E-state index is 13.3. The molecule has 162 valence electrons. The van der Waals surface area contributed by atoms with Crippen molar-refractivity contribution in [3.05, 3.63) is 59.7 Å². The maximum atomic E-state index is 13.3. The van der Waals surface area contributed by atoms with Gasteiger partial charge in [-0.05, 0) is 43.7 Å². The minimum Gasteiger partial charge on any atom is -0.369 e. The molecule has 30 heavy (non-hydrogen) atoms. The molecular weight excluding hydrogens is 420 g/mol. The third kappa shape index (κ3) is 4.26. The van der Waals surface area contributed by atoms with Crippen LogP contribution in [-0.2, 0) is 19.7 Å². The smallest absolute Gasteiger partial charge is 0.183 e. The summed E-state index contributed by atoms with van der Waals surface area (Å²) in [6.07, 6.45) is 0. The van der Waals surface area contributed by atoms with Crippen molar-refractivity contribution in [3.8, 4) is 0 Å². The number of aryl methyl sites for hydroxylation is 2. The Labute approximate surface area is 179 Å². The Morgan fingerprint density at radius 1 is 0.867 bits per heavy atom. The van der Waals surface area contributed by atoms with Crippen LogP contribution in [0.15, 0.2) is 53.4 Å². The number of piperazine rings is 1. The van der Waals surface area contributed by atoms with Crippen LogP contribution in [0.1, 0.15) is 11.1 Å². The Morgan fingerprint density at radius 2 is 1.53 bits per heavy atom. The highest BCUT2D eigenvalue weighted by molar-refractivity contribution is 7.96. The summed E-state index contributed by atoms with van der Waals surface area (Å²) in [7, 11) is -7.13. The van der Waals surface area contributed by atoms with E-state index in [1.54, 1.807) is 24.3 Å². The first-order valence-electron chi connectivity index (χ1n) is 10.2. The summed E-state index contributed by atoms with van der Waals surface area (Å²) >= 11 is 0. The molecule has 0 amide bonds. The molecule has 0 saturated carbocycles. The van der Waals surface area contributed by atoms with Gasteiger partial charge in [-0.25, -0.2) is 16.8 Å². The van der Waals surface area contributed by atoms with Gasteiger partial charge in [-0.3, -0.25) is 4.90 Å². The van der Waals surface area contributed by atoms with Crippen LogP contribution in [0, 0.1) is 13.8 Å². The molecule has 0 radical (unpaired) electrons. The molecule has 2 heterocycles. The summed E-state index contributed by atoms with van der Waals surface area (Å²) in [6.45, 7) is 6.74. The van der Waals surface area contributed by atoms with E-state index in [1.165, 1.54) is 5.56 Å². The number of sulfone groups is 2. The van der Waals surface area contributed by atoms with Crippen molar-refractivity contribution in [3.63, 3.8) is 0 Å². The van der Waals surface area contributed by atoms with Gasteiger partial charge in [0.1, 0.15) is 0 Å². The fraction of sp³-hybridized carbons (Fsp3) is 0.455. The Morgan fingerprint density at radius 3 is 2.17 bits per heavy atom. The van der Waals surface area contributed by atoms with Crippen molar-refractivity contribution in [2.45, 2.75) is 30.0 Å². The molecule has 0 N–H and O–H groups in total. The molecule has 2 saturated heterocycles. The van der Waals surface area contributed by atoms with Gasteiger partial charge < -0.3 is 4.90 Å². The highest BCUT2D eigenvalue weighted by Gasteiger charge is 2.48. The number of benzene rings is 2. The van der Waals surface area contributed by atoms with E-state index in [-0.39, 0.29) is 16.4 Å². The fourth-order valence-electron chi connectivity index (χ4n) is 4.47. The highest BCUT2D eigenvalue weighted by atomic mass is 32.2. The molecule has 2 aliphatic rings. The summed E-state index contributed by atoms with van der Waals surface area (Å²) in [5.74, 6) is -0.390. The van der Waals surface area contributed by atoms with Gasteiger partial charge in [0.2, 0.25) is 0 Å². The molecule has 4 rings (SSSR count). The average molecular weight is 449 g/mol. The van der Waals surface area contributed by atoms with Gasteiger partial charge in [0, 0.05) is 37.9 Å². The number of nitrogens with zero attached hydrogens (tertiary/aromatic N) is 2. The van der Waals surface area contributed by atoms with Crippen molar-refractivity contribution in [2.24, 2.45) is 0 Å². The SMILES string of the molecule is Cc1ccc(S(=O)(=O)C2CS(=O)(=O)CC2N2CCN(c3cccc(C)c3)CC2)cc1. The van der Waals surface area contributed by atoms with Crippen molar-refractivity contribution in [1.82, 2.24) is 4.90 Å². The molecular formula is C22H28N2O4S2. The van der Waals surface area contributed by atoms with Gasteiger partial charge in [0.05, 0.1) is 21.7 Å². The largest absolute Gasteiger partial charge is 0.369 e. The summed E-state index contributed by atoms with van der Waals surface area (Å²) < 4.78 is 51.5. The zero-order chi connectivity index (χ0) is 21.5. The lowest BCUT2D eigenvalue weighted by Crippen LogP contribution is -2.55. The maximum Gasteiger partial charge on any atom is 0.183 e. The van der Waals surface area contributed by atoms with E-state index in [1.807, 2.05) is 13.0 Å². The van der Waals surface area contributed by atoms with Gasteiger partial charge in [-0.1, -0.05) is 29.8 Å². The number of rotatable bonds is 4. The van der Waals surface area contributed by atoms with E-state index in [9.17, 15) is 16.8 Å². The number of hydrogen-bond acceptors (Lipinski definition) is 6. The predicted octanol–water partition coefficient (Wildman–Crippen LogP) is 2.06. The Kier molecular flexibility index (Phi) is 5.67. The zero-order valence-electron chi connectivity index (χ0n) is 17.4. The molecule has 2 fully saturated rings. The Bertz CT molecular complexity index is 1120. The van der Waals surface area contributed by atoms with Gasteiger partial charge in [0.15, 0.2) is 19.7 Å². The standard InChI is InChI=1S/C22H28N2O4S2/c1-17-6-8-20(9-7-17)30(27,28)22-16-29(25,26)15-21(22)24-12-10-23(11-13-24)19-5-3-4-18(2)14-19/h3-9,14,21-22H,10-13,15-16H2,1-2H3. The Balaban J connectivity index is 1.54. The van der Waals surface area contributed by atoms with Crippen LogP contribution in [0.3, 0.4) is 0 Å².